The molecular formula is C12H12N2O2. The van der Waals surface area contributed by atoms with Gasteiger partial charge in [0, 0.05) is 19.3 Å². The maximum absolute atomic E-state index is 10.9. The monoisotopic (exact) mass is 216 g/mol. The normalized spacial score (nSPS) is 15.2. The minimum atomic E-state index is -0.0404. The van der Waals surface area contributed by atoms with Crippen molar-refractivity contribution in [3.8, 4) is 0 Å². The van der Waals surface area contributed by atoms with Crippen LogP contribution < -0.4 is 5.43 Å². The number of hydrazone groups is 1. The summed E-state index contributed by atoms with van der Waals surface area (Å²) in [6.07, 6.45) is 2.46. The molecule has 82 valence electrons. The smallest absolute Gasteiger partial charge is 0.240 e. The number of benzene rings is 1. The Labute approximate surface area is 93.4 Å². The van der Waals surface area contributed by atoms with Crippen molar-refractivity contribution in [2.24, 2.45) is 5.10 Å². The summed E-state index contributed by atoms with van der Waals surface area (Å²) in [4.78, 5) is 21.2. The van der Waals surface area contributed by atoms with Gasteiger partial charge in [0.25, 0.3) is 0 Å². The van der Waals surface area contributed by atoms with Crippen LogP contribution in [-0.4, -0.2) is 17.9 Å². The van der Waals surface area contributed by atoms with Crippen LogP contribution in [0.2, 0.25) is 0 Å². The van der Waals surface area contributed by atoms with Gasteiger partial charge in [-0.25, -0.2) is 5.43 Å². The van der Waals surface area contributed by atoms with Crippen molar-refractivity contribution in [3.05, 3.63) is 35.4 Å². The fourth-order valence-corrected chi connectivity index (χ4v) is 1.61. The minimum absolute atomic E-state index is 0.0404. The van der Waals surface area contributed by atoms with Crippen LogP contribution in [0.25, 0.3) is 0 Å². The zero-order valence-corrected chi connectivity index (χ0v) is 8.77. The number of hydrogen-bond donors (Lipinski definition) is 1. The van der Waals surface area contributed by atoms with Gasteiger partial charge >= 0.3 is 0 Å². The van der Waals surface area contributed by atoms with Crippen molar-refractivity contribution in [1.29, 1.82) is 0 Å². The number of amides is 1. The molecule has 0 atom stereocenters. The lowest BCUT2D eigenvalue weighted by Crippen LogP contribution is -2.25. The molecule has 0 unspecified atom stereocenters. The molecule has 0 spiro atoms. The van der Waals surface area contributed by atoms with Crippen molar-refractivity contribution in [3.63, 3.8) is 0 Å². The predicted octanol–water partition coefficient (Wildman–Crippen LogP) is 1.04. The fraction of sp³-hybridized carbons (Fsp3) is 0.250. The number of aldehydes is 1. The summed E-state index contributed by atoms with van der Waals surface area (Å²) in [6, 6.07) is 7.66. The summed E-state index contributed by atoms with van der Waals surface area (Å²) in [5, 5.41) is 4.00. The maximum atomic E-state index is 10.9. The Bertz CT molecular complexity index is 435. The highest BCUT2D eigenvalue weighted by Gasteiger charge is 2.12. The van der Waals surface area contributed by atoms with Gasteiger partial charge in [-0.05, 0) is 11.1 Å². The number of hydrogen-bond acceptors (Lipinski definition) is 3. The van der Waals surface area contributed by atoms with E-state index in [0.29, 0.717) is 19.3 Å². The highest BCUT2D eigenvalue weighted by Crippen LogP contribution is 2.11. The second kappa shape index (κ2) is 4.70. The average molecular weight is 216 g/mol. The third kappa shape index (κ3) is 2.34. The van der Waals surface area contributed by atoms with Gasteiger partial charge in [0.2, 0.25) is 5.91 Å². The van der Waals surface area contributed by atoms with Gasteiger partial charge in [0.1, 0.15) is 6.29 Å². The van der Waals surface area contributed by atoms with E-state index in [0.717, 1.165) is 23.1 Å². The van der Waals surface area contributed by atoms with Gasteiger partial charge in [-0.3, -0.25) is 4.79 Å². The van der Waals surface area contributed by atoms with Gasteiger partial charge < -0.3 is 4.79 Å². The number of nitrogens with one attached hydrogen (secondary N) is 1. The molecule has 0 aromatic heterocycles. The first kappa shape index (κ1) is 10.5. The lowest BCUT2D eigenvalue weighted by molar-refractivity contribution is -0.121. The quantitative estimate of drug-likeness (QED) is 0.767. The highest BCUT2D eigenvalue weighted by molar-refractivity contribution is 6.04. The summed E-state index contributed by atoms with van der Waals surface area (Å²) in [7, 11) is 0. The second-order valence-electron chi connectivity index (χ2n) is 3.66. The van der Waals surface area contributed by atoms with Crippen LogP contribution in [-0.2, 0) is 16.0 Å². The number of nitrogens with zero attached hydrogens (tertiary/aromatic N) is 1. The van der Waals surface area contributed by atoms with Gasteiger partial charge in [-0.15, -0.1) is 0 Å². The summed E-state index contributed by atoms with van der Waals surface area (Å²) < 4.78 is 0. The van der Waals surface area contributed by atoms with Crippen LogP contribution in [0.4, 0.5) is 0 Å². The molecule has 1 aliphatic rings. The molecule has 0 bridgehead atoms. The van der Waals surface area contributed by atoms with Gasteiger partial charge in [0.05, 0.1) is 5.71 Å². The molecule has 0 saturated carbocycles. The molecule has 1 aromatic carbocycles. The fourth-order valence-electron chi connectivity index (χ4n) is 1.61. The predicted molar refractivity (Wildman–Crippen MR) is 60.1 cm³/mol. The third-order valence-corrected chi connectivity index (χ3v) is 2.51. The van der Waals surface area contributed by atoms with E-state index in [-0.39, 0.29) is 5.91 Å². The van der Waals surface area contributed by atoms with Crippen molar-refractivity contribution in [2.75, 3.05) is 0 Å². The van der Waals surface area contributed by atoms with E-state index in [2.05, 4.69) is 10.5 Å². The molecule has 4 heteroatoms. The van der Waals surface area contributed by atoms with Crippen LogP contribution >= 0.6 is 0 Å². The Morgan fingerprint density at radius 3 is 2.56 bits per heavy atom. The minimum Gasteiger partial charge on any atom is -0.303 e. The van der Waals surface area contributed by atoms with E-state index >= 15 is 0 Å². The van der Waals surface area contributed by atoms with E-state index in [4.69, 9.17) is 0 Å². The topological polar surface area (TPSA) is 58.5 Å². The van der Waals surface area contributed by atoms with E-state index < -0.39 is 0 Å². The van der Waals surface area contributed by atoms with E-state index in [1.165, 1.54) is 0 Å². The second-order valence-corrected chi connectivity index (χ2v) is 3.66. The molecule has 1 heterocycles. The molecule has 2 rings (SSSR count). The van der Waals surface area contributed by atoms with Crippen molar-refractivity contribution < 1.29 is 9.59 Å². The largest absolute Gasteiger partial charge is 0.303 e. The summed E-state index contributed by atoms with van der Waals surface area (Å²) in [5.74, 6) is -0.0404. The Morgan fingerprint density at radius 2 is 2.00 bits per heavy atom. The molecule has 4 nitrogen and oxygen atoms in total. The van der Waals surface area contributed by atoms with E-state index in [9.17, 15) is 9.59 Å². The lowest BCUT2D eigenvalue weighted by atomic mass is 10.0. The summed E-state index contributed by atoms with van der Waals surface area (Å²) in [6.45, 7) is 0. The number of rotatable bonds is 3. The first-order chi connectivity index (χ1) is 7.79. The molecule has 1 aliphatic heterocycles. The SMILES string of the molecule is O=CCc1ccc(C2=NNC(=O)CC2)cc1. The van der Waals surface area contributed by atoms with Crippen molar-refractivity contribution in [1.82, 2.24) is 5.43 Å². The van der Waals surface area contributed by atoms with Crippen LogP contribution in [0, 0.1) is 0 Å². The van der Waals surface area contributed by atoms with E-state index in [1.807, 2.05) is 24.3 Å². The van der Waals surface area contributed by atoms with Crippen LogP contribution in [0.3, 0.4) is 0 Å². The Morgan fingerprint density at radius 1 is 1.25 bits per heavy atom. The summed E-state index contributed by atoms with van der Waals surface area (Å²) >= 11 is 0. The maximum Gasteiger partial charge on any atom is 0.240 e. The molecule has 0 aliphatic carbocycles. The number of carbonyl (C=O) groups is 2. The van der Waals surface area contributed by atoms with Gasteiger partial charge in [0.15, 0.2) is 0 Å². The average Bonchev–Trinajstić information content (AvgIpc) is 2.32. The number of carbonyl (C=O) groups excluding carboxylic acids is 2. The molecule has 0 saturated heterocycles. The zero-order valence-electron chi connectivity index (χ0n) is 8.77. The lowest BCUT2D eigenvalue weighted by Gasteiger charge is -2.12. The first-order valence-corrected chi connectivity index (χ1v) is 5.18. The first-order valence-electron chi connectivity index (χ1n) is 5.18. The molecule has 1 aromatic rings. The highest BCUT2D eigenvalue weighted by atomic mass is 16.2. The Kier molecular flexibility index (Phi) is 3.10. The summed E-state index contributed by atoms with van der Waals surface area (Å²) in [5.41, 5.74) is 5.33. The Hall–Kier alpha value is -1.97. The third-order valence-electron chi connectivity index (χ3n) is 2.51. The molecule has 1 amide bonds. The standard InChI is InChI=1S/C12H12N2O2/c15-8-7-9-1-3-10(4-2-9)11-5-6-12(16)14-13-11/h1-4,8H,5-7H2,(H,14,16). The van der Waals surface area contributed by atoms with Gasteiger partial charge in [-0.1, -0.05) is 24.3 Å². The molecule has 1 N–H and O–H groups in total. The van der Waals surface area contributed by atoms with Crippen LogP contribution in [0.5, 0.6) is 0 Å². The van der Waals surface area contributed by atoms with Crippen molar-refractivity contribution in [2.45, 2.75) is 19.3 Å². The van der Waals surface area contributed by atoms with Crippen LogP contribution in [0.1, 0.15) is 24.0 Å². The molecule has 0 radical (unpaired) electrons. The molecule has 0 fully saturated rings. The van der Waals surface area contributed by atoms with Crippen molar-refractivity contribution >= 4 is 17.9 Å². The zero-order chi connectivity index (χ0) is 11.4. The van der Waals surface area contributed by atoms with Crippen LogP contribution in [0.15, 0.2) is 29.4 Å². The van der Waals surface area contributed by atoms with Gasteiger partial charge in [-0.2, -0.15) is 5.10 Å². The Balaban J connectivity index is 2.15. The molecular weight excluding hydrogens is 204 g/mol. The van der Waals surface area contributed by atoms with E-state index in [1.54, 1.807) is 0 Å². The molecule has 16 heavy (non-hydrogen) atoms.